The normalized spacial score (nSPS) is 16.6. The molecular formula is C23H25ClFN3O3. The minimum absolute atomic E-state index is 0.0292. The van der Waals surface area contributed by atoms with Gasteiger partial charge >= 0.3 is 0 Å². The Balaban J connectivity index is 1.26. The van der Waals surface area contributed by atoms with Gasteiger partial charge in [-0.1, -0.05) is 29.8 Å². The van der Waals surface area contributed by atoms with Crippen LogP contribution in [0.4, 0.5) is 10.1 Å². The molecule has 0 atom stereocenters. The van der Waals surface area contributed by atoms with E-state index < -0.39 is 0 Å². The molecule has 2 aliphatic rings. The number of carbonyl (C=O) groups is 2. The van der Waals surface area contributed by atoms with Gasteiger partial charge < -0.3 is 14.5 Å². The molecule has 2 heterocycles. The fraction of sp³-hybridized carbons (Fsp3) is 0.391. The van der Waals surface area contributed by atoms with Gasteiger partial charge in [-0.2, -0.15) is 0 Å². The molecule has 2 aliphatic heterocycles. The fourth-order valence-electron chi connectivity index (χ4n) is 4.00. The van der Waals surface area contributed by atoms with Crippen molar-refractivity contribution in [1.29, 1.82) is 0 Å². The largest absolute Gasteiger partial charge is 0.490 e. The van der Waals surface area contributed by atoms with Crippen LogP contribution in [0.25, 0.3) is 0 Å². The van der Waals surface area contributed by atoms with E-state index in [4.69, 9.17) is 16.3 Å². The predicted octanol–water partition coefficient (Wildman–Crippen LogP) is 3.33. The van der Waals surface area contributed by atoms with Gasteiger partial charge in [0.2, 0.25) is 11.8 Å². The highest BCUT2D eigenvalue weighted by Gasteiger charge is 2.26. The SMILES string of the molecule is O=C(CCC(=O)N1CCOc2ccccc21)N1CCN(Cc2c(F)cccc2Cl)CC1. The fourth-order valence-corrected chi connectivity index (χ4v) is 4.22. The van der Waals surface area contributed by atoms with Gasteiger partial charge in [0.25, 0.3) is 0 Å². The number of anilines is 1. The Morgan fingerprint density at radius 3 is 2.45 bits per heavy atom. The number of benzene rings is 2. The van der Waals surface area contributed by atoms with Crippen LogP contribution in [0.5, 0.6) is 5.75 Å². The van der Waals surface area contributed by atoms with Crippen molar-refractivity contribution in [3.8, 4) is 5.75 Å². The maximum absolute atomic E-state index is 14.0. The quantitative estimate of drug-likeness (QED) is 0.708. The van der Waals surface area contributed by atoms with E-state index in [9.17, 15) is 14.0 Å². The first kappa shape index (κ1) is 21.6. The molecule has 2 aromatic rings. The van der Waals surface area contributed by atoms with Crippen LogP contribution in [0.3, 0.4) is 0 Å². The van der Waals surface area contributed by atoms with Gasteiger partial charge in [-0.25, -0.2) is 4.39 Å². The molecule has 4 rings (SSSR count). The number of amides is 2. The van der Waals surface area contributed by atoms with Crippen LogP contribution in [-0.2, 0) is 16.1 Å². The minimum atomic E-state index is -0.311. The Kier molecular flexibility index (Phi) is 6.73. The average Bonchev–Trinajstić information content (AvgIpc) is 2.80. The zero-order valence-corrected chi connectivity index (χ0v) is 18.0. The van der Waals surface area contributed by atoms with Crippen LogP contribution < -0.4 is 9.64 Å². The molecule has 0 N–H and O–H groups in total. The van der Waals surface area contributed by atoms with Gasteiger partial charge in [0.05, 0.1) is 12.2 Å². The van der Waals surface area contributed by atoms with Gasteiger partial charge in [0, 0.05) is 56.2 Å². The summed E-state index contributed by atoms with van der Waals surface area (Å²) in [5.74, 6) is 0.282. The minimum Gasteiger partial charge on any atom is -0.490 e. The van der Waals surface area contributed by atoms with E-state index in [1.54, 1.807) is 21.9 Å². The zero-order valence-electron chi connectivity index (χ0n) is 17.2. The van der Waals surface area contributed by atoms with E-state index >= 15 is 0 Å². The molecule has 0 unspecified atom stereocenters. The lowest BCUT2D eigenvalue weighted by Crippen LogP contribution is -2.48. The first-order chi connectivity index (χ1) is 15.0. The van der Waals surface area contributed by atoms with Gasteiger partial charge in [-0.05, 0) is 24.3 Å². The Morgan fingerprint density at radius 1 is 0.935 bits per heavy atom. The lowest BCUT2D eigenvalue weighted by atomic mass is 10.1. The summed E-state index contributed by atoms with van der Waals surface area (Å²) in [6.07, 6.45) is 0.343. The number of fused-ring (bicyclic) bond motifs is 1. The molecule has 0 radical (unpaired) electrons. The molecule has 0 aromatic heterocycles. The molecule has 2 amide bonds. The lowest BCUT2D eigenvalue weighted by molar-refractivity contribution is -0.134. The number of hydrogen-bond acceptors (Lipinski definition) is 4. The maximum Gasteiger partial charge on any atom is 0.227 e. The predicted molar refractivity (Wildman–Crippen MR) is 117 cm³/mol. The molecule has 31 heavy (non-hydrogen) atoms. The highest BCUT2D eigenvalue weighted by Crippen LogP contribution is 2.31. The van der Waals surface area contributed by atoms with Gasteiger partial charge in [0.15, 0.2) is 0 Å². The highest BCUT2D eigenvalue weighted by atomic mass is 35.5. The summed E-state index contributed by atoms with van der Waals surface area (Å²) in [5.41, 5.74) is 1.24. The molecule has 2 aromatic carbocycles. The summed E-state index contributed by atoms with van der Waals surface area (Å²) < 4.78 is 19.6. The number of ether oxygens (including phenoxy) is 1. The van der Waals surface area contributed by atoms with Crippen molar-refractivity contribution in [3.05, 3.63) is 58.9 Å². The lowest BCUT2D eigenvalue weighted by Gasteiger charge is -2.35. The summed E-state index contributed by atoms with van der Waals surface area (Å²) in [6.45, 7) is 3.75. The Bertz CT molecular complexity index is 943. The number of rotatable bonds is 5. The molecular weight excluding hydrogens is 421 g/mol. The van der Waals surface area contributed by atoms with Crippen LogP contribution in [0.1, 0.15) is 18.4 Å². The molecule has 8 heteroatoms. The Hall–Kier alpha value is -2.64. The summed E-state index contributed by atoms with van der Waals surface area (Å²) in [5, 5.41) is 0.418. The third kappa shape index (κ3) is 4.99. The molecule has 0 saturated carbocycles. The monoisotopic (exact) mass is 445 g/mol. The third-order valence-electron chi connectivity index (χ3n) is 5.75. The number of nitrogens with zero attached hydrogens (tertiary/aromatic N) is 3. The summed E-state index contributed by atoms with van der Waals surface area (Å²) in [7, 11) is 0. The second kappa shape index (κ2) is 9.66. The van der Waals surface area contributed by atoms with E-state index in [-0.39, 0.29) is 30.5 Å². The Morgan fingerprint density at radius 2 is 1.68 bits per heavy atom. The van der Waals surface area contributed by atoms with Crippen LogP contribution >= 0.6 is 11.6 Å². The highest BCUT2D eigenvalue weighted by molar-refractivity contribution is 6.31. The van der Waals surface area contributed by atoms with Gasteiger partial charge in [0.1, 0.15) is 18.2 Å². The van der Waals surface area contributed by atoms with E-state index in [0.717, 1.165) is 5.69 Å². The van der Waals surface area contributed by atoms with E-state index in [1.807, 2.05) is 24.3 Å². The molecule has 6 nitrogen and oxygen atoms in total. The summed E-state index contributed by atoms with van der Waals surface area (Å²) in [6, 6.07) is 12.1. The first-order valence-electron chi connectivity index (χ1n) is 10.5. The van der Waals surface area contributed by atoms with E-state index in [1.165, 1.54) is 6.07 Å². The van der Waals surface area contributed by atoms with Crippen molar-refractivity contribution in [2.45, 2.75) is 19.4 Å². The van der Waals surface area contributed by atoms with Crippen molar-refractivity contribution < 1.29 is 18.7 Å². The maximum atomic E-state index is 14.0. The van der Waals surface area contributed by atoms with Crippen molar-refractivity contribution in [2.24, 2.45) is 0 Å². The molecule has 1 fully saturated rings. The molecule has 0 bridgehead atoms. The van der Waals surface area contributed by atoms with E-state index in [2.05, 4.69) is 4.90 Å². The number of carbonyl (C=O) groups excluding carboxylic acids is 2. The average molecular weight is 446 g/mol. The van der Waals surface area contributed by atoms with Gasteiger partial charge in [-0.3, -0.25) is 14.5 Å². The number of hydrogen-bond donors (Lipinski definition) is 0. The second-order valence-corrected chi connectivity index (χ2v) is 8.13. The first-order valence-corrected chi connectivity index (χ1v) is 10.9. The Labute approximate surface area is 186 Å². The summed E-state index contributed by atoms with van der Waals surface area (Å²) in [4.78, 5) is 30.9. The topological polar surface area (TPSA) is 53.1 Å². The smallest absolute Gasteiger partial charge is 0.227 e. The molecule has 1 saturated heterocycles. The summed E-state index contributed by atoms with van der Waals surface area (Å²) >= 11 is 6.12. The van der Waals surface area contributed by atoms with Gasteiger partial charge in [-0.15, -0.1) is 0 Å². The zero-order chi connectivity index (χ0) is 21.8. The third-order valence-corrected chi connectivity index (χ3v) is 6.10. The van der Waals surface area contributed by atoms with E-state index in [0.29, 0.717) is 62.2 Å². The number of para-hydroxylation sites is 2. The molecule has 0 spiro atoms. The van der Waals surface area contributed by atoms with Crippen LogP contribution in [0.15, 0.2) is 42.5 Å². The second-order valence-electron chi connectivity index (χ2n) is 7.72. The number of piperazine rings is 1. The van der Waals surface area contributed by atoms with Crippen LogP contribution in [0.2, 0.25) is 5.02 Å². The van der Waals surface area contributed by atoms with Crippen molar-refractivity contribution >= 4 is 29.1 Å². The van der Waals surface area contributed by atoms with Crippen molar-refractivity contribution in [1.82, 2.24) is 9.80 Å². The molecule has 0 aliphatic carbocycles. The van der Waals surface area contributed by atoms with Crippen LogP contribution in [0, 0.1) is 5.82 Å². The van der Waals surface area contributed by atoms with Crippen LogP contribution in [-0.4, -0.2) is 60.9 Å². The van der Waals surface area contributed by atoms with Crippen molar-refractivity contribution in [3.63, 3.8) is 0 Å². The number of halogens is 2. The molecule has 164 valence electrons. The van der Waals surface area contributed by atoms with Crippen molar-refractivity contribution in [2.75, 3.05) is 44.2 Å². The standard InChI is InChI=1S/C23H25ClFN3O3/c24-18-4-3-5-19(25)17(18)16-26-10-12-27(13-11-26)22(29)8-9-23(30)28-14-15-31-21-7-2-1-6-20(21)28/h1-7H,8-16H2.